The first-order valence-electron chi connectivity index (χ1n) is 8.78. The lowest BCUT2D eigenvalue weighted by Gasteiger charge is -2.33. The molecule has 2 aliphatic rings. The predicted molar refractivity (Wildman–Crippen MR) is 88.7 cm³/mol. The van der Waals surface area contributed by atoms with Crippen LogP contribution in [0.5, 0.6) is 0 Å². The molecule has 0 aromatic heterocycles. The van der Waals surface area contributed by atoms with Crippen LogP contribution >= 0.6 is 0 Å². The Morgan fingerprint density at radius 1 is 1.26 bits per heavy atom. The first kappa shape index (κ1) is 16.5. The fourth-order valence-corrected chi connectivity index (χ4v) is 4.17. The smallest absolute Gasteiger partial charge is 0.343 e. The van der Waals surface area contributed by atoms with E-state index in [4.69, 9.17) is 4.74 Å². The molecule has 4 nitrogen and oxygen atoms in total. The van der Waals surface area contributed by atoms with Crippen LogP contribution in [0.1, 0.15) is 32.3 Å². The van der Waals surface area contributed by atoms with Crippen LogP contribution < -0.4 is 5.32 Å². The maximum atomic E-state index is 12.8. The van der Waals surface area contributed by atoms with Gasteiger partial charge >= 0.3 is 5.97 Å². The second-order valence-electron chi connectivity index (χ2n) is 6.89. The lowest BCUT2D eigenvalue weighted by Crippen LogP contribution is -2.44. The Balaban J connectivity index is 1.73. The van der Waals surface area contributed by atoms with Crippen molar-refractivity contribution in [2.45, 2.75) is 32.3 Å². The van der Waals surface area contributed by atoms with E-state index in [1.807, 2.05) is 44.2 Å². The molecule has 0 amide bonds. The van der Waals surface area contributed by atoms with Gasteiger partial charge < -0.3 is 15.2 Å². The van der Waals surface area contributed by atoms with Crippen molar-refractivity contribution in [3.05, 3.63) is 35.9 Å². The minimum absolute atomic E-state index is 0.141. The summed E-state index contributed by atoms with van der Waals surface area (Å²) >= 11 is 0. The minimum atomic E-state index is -1.55. The number of hydrogen-bond donors (Lipinski definition) is 2. The topological polar surface area (TPSA) is 58.6 Å². The molecule has 1 heterocycles. The van der Waals surface area contributed by atoms with Crippen molar-refractivity contribution < 1.29 is 14.6 Å². The Kier molecular flexibility index (Phi) is 4.74. The lowest BCUT2D eigenvalue weighted by atomic mass is 9.78. The van der Waals surface area contributed by atoms with Gasteiger partial charge in [0.25, 0.3) is 0 Å². The van der Waals surface area contributed by atoms with Gasteiger partial charge in [0.1, 0.15) is 0 Å². The number of benzene rings is 1. The van der Waals surface area contributed by atoms with Crippen molar-refractivity contribution in [1.29, 1.82) is 0 Å². The first-order valence-corrected chi connectivity index (χ1v) is 8.78. The Bertz CT molecular complexity index is 533. The van der Waals surface area contributed by atoms with Gasteiger partial charge in [0, 0.05) is 11.8 Å². The van der Waals surface area contributed by atoms with Crippen molar-refractivity contribution in [1.82, 2.24) is 5.32 Å². The van der Waals surface area contributed by atoms with Crippen molar-refractivity contribution >= 4 is 5.97 Å². The summed E-state index contributed by atoms with van der Waals surface area (Å²) in [4.78, 5) is 12.8. The van der Waals surface area contributed by atoms with Crippen LogP contribution in [-0.2, 0) is 15.1 Å². The van der Waals surface area contributed by atoms with Gasteiger partial charge in [-0.2, -0.15) is 0 Å². The van der Waals surface area contributed by atoms with E-state index in [0.717, 1.165) is 25.9 Å². The molecule has 0 radical (unpaired) electrons. The molecule has 1 aliphatic heterocycles. The Hall–Kier alpha value is -1.39. The predicted octanol–water partition coefficient (Wildman–Crippen LogP) is 2.32. The molecule has 0 bridgehead atoms. The van der Waals surface area contributed by atoms with Gasteiger partial charge in [-0.1, -0.05) is 44.2 Å². The maximum absolute atomic E-state index is 12.8. The second kappa shape index (κ2) is 6.62. The molecule has 3 rings (SSSR count). The largest absolute Gasteiger partial charge is 0.463 e. The van der Waals surface area contributed by atoms with Crippen LogP contribution in [0.3, 0.4) is 0 Å². The molecule has 1 aromatic carbocycles. The summed E-state index contributed by atoms with van der Waals surface area (Å²) in [6.07, 6.45) is 1.46. The number of fused-ring (bicyclic) bond motifs is 1. The van der Waals surface area contributed by atoms with Crippen LogP contribution in [0.25, 0.3) is 0 Å². The highest BCUT2D eigenvalue weighted by molar-refractivity contribution is 5.81. The van der Waals surface area contributed by atoms with Gasteiger partial charge in [-0.25, -0.2) is 4.79 Å². The average molecular weight is 317 g/mol. The Labute approximate surface area is 138 Å². The van der Waals surface area contributed by atoms with Crippen molar-refractivity contribution in [3.8, 4) is 0 Å². The zero-order valence-corrected chi connectivity index (χ0v) is 14.0. The third-order valence-corrected chi connectivity index (χ3v) is 5.78. The fraction of sp³-hybridized carbons (Fsp3) is 0.632. The third-order valence-electron chi connectivity index (χ3n) is 5.78. The van der Waals surface area contributed by atoms with Gasteiger partial charge in [0.15, 0.2) is 5.60 Å². The molecular formula is C19H27NO3. The number of carbonyl (C=O) groups is 1. The molecule has 1 saturated heterocycles. The summed E-state index contributed by atoms with van der Waals surface area (Å²) in [7, 11) is 0. The molecule has 4 atom stereocenters. The average Bonchev–Trinajstić information content (AvgIpc) is 3.01. The highest BCUT2D eigenvalue weighted by Crippen LogP contribution is 2.49. The van der Waals surface area contributed by atoms with E-state index in [2.05, 4.69) is 5.32 Å². The summed E-state index contributed by atoms with van der Waals surface area (Å²) in [5.41, 5.74) is -0.913. The lowest BCUT2D eigenvalue weighted by molar-refractivity contribution is -0.175. The number of ether oxygens (including phenoxy) is 1. The Morgan fingerprint density at radius 2 is 1.87 bits per heavy atom. The monoisotopic (exact) mass is 317 g/mol. The van der Waals surface area contributed by atoms with Crippen LogP contribution in [0.2, 0.25) is 0 Å². The first-order chi connectivity index (χ1) is 11.1. The van der Waals surface area contributed by atoms with E-state index >= 15 is 0 Å². The van der Waals surface area contributed by atoms with E-state index in [9.17, 15) is 9.90 Å². The van der Waals surface area contributed by atoms with E-state index in [-0.39, 0.29) is 5.92 Å². The van der Waals surface area contributed by atoms with Crippen LogP contribution in [-0.4, -0.2) is 30.8 Å². The molecule has 2 fully saturated rings. The summed E-state index contributed by atoms with van der Waals surface area (Å²) in [6, 6.07) is 9.23. The summed E-state index contributed by atoms with van der Waals surface area (Å²) < 4.78 is 5.59. The highest BCUT2D eigenvalue weighted by atomic mass is 16.5. The zero-order valence-electron chi connectivity index (χ0n) is 14.0. The molecule has 1 aromatic rings. The van der Waals surface area contributed by atoms with Gasteiger partial charge in [-0.3, -0.25) is 0 Å². The molecule has 2 unspecified atom stereocenters. The van der Waals surface area contributed by atoms with E-state index in [1.54, 1.807) is 0 Å². The summed E-state index contributed by atoms with van der Waals surface area (Å²) in [6.45, 7) is 6.51. The van der Waals surface area contributed by atoms with Crippen molar-refractivity contribution in [2.75, 3.05) is 19.7 Å². The normalized spacial score (nSPS) is 28.3. The van der Waals surface area contributed by atoms with Crippen molar-refractivity contribution in [2.24, 2.45) is 23.7 Å². The van der Waals surface area contributed by atoms with Gasteiger partial charge in [0.05, 0.1) is 6.61 Å². The van der Waals surface area contributed by atoms with Gasteiger partial charge in [-0.15, -0.1) is 0 Å². The number of esters is 1. The number of rotatable bonds is 7. The SMILES string of the molecule is CCC(CC)C(O)(C(=O)OCC1[C@H]2CNC[C@@H]12)c1ccccc1. The summed E-state index contributed by atoms with van der Waals surface area (Å²) in [5, 5.41) is 14.6. The second-order valence-corrected chi connectivity index (χ2v) is 6.89. The highest BCUT2D eigenvalue weighted by Gasteiger charge is 2.54. The standard InChI is InChI=1S/C19H27NO3/c1-3-13(4-2)19(22,14-8-6-5-7-9-14)18(21)23-12-17-15-10-20-11-16(15)17/h5-9,13,15-17,20,22H,3-4,10-12H2,1-2H3/t15-,16+,17?,19?. The minimum Gasteiger partial charge on any atom is -0.463 e. The number of hydrogen-bond acceptors (Lipinski definition) is 4. The molecular weight excluding hydrogens is 290 g/mol. The van der Waals surface area contributed by atoms with E-state index in [1.165, 1.54) is 0 Å². The number of aliphatic hydroxyl groups is 1. The number of nitrogens with one attached hydrogen (secondary N) is 1. The molecule has 23 heavy (non-hydrogen) atoms. The number of carbonyl (C=O) groups excluding carboxylic acids is 1. The molecule has 126 valence electrons. The van der Waals surface area contributed by atoms with E-state index < -0.39 is 11.6 Å². The van der Waals surface area contributed by atoms with Gasteiger partial charge in [0.2, 0.25) is 0 Å². The van der Waals surface area contributed by atoms with Crippen molar-refractivity contribution in [3.63, 3.8) is 0 Å². The molecule has 1 saturated carbocycles. The molecule has 2 N–H and O–H groups in total. The fourth-order valence-electron chi connectivity index (χ4n) is 4.17. The third kappa shape index (κ3) is 2.90. The van der Waals surface area contributed by atoms with E-state index in [0.29, 0.717) is 29.9 Å². The van der Waals surface area contributed by atoms with Crippen LogP contribution in [0.15, 0.2) is 30.3 Å². The molecule has 1 aliphatic carbocycles. The summed E-state index contributed by atoms with van der Waals surface area (Å²) in [5.74, 6) is 1.15. The van der Waals surface area contributed by atoms with Crippen LogP contribution in [0.4, 0.5) is 0 Å². The number of piperidine rings is 1. The van der Waals surface area contributed by atoms with Crippen LogP contribution in [0, 0.1) is 23.7 Å². The maximum Gasteiger partial charge on any atom is 0.343 e. The Morgan fingerprint density at radius 3 is 2.43 bits per heavy atom. The quantitative estimate of drug-likeness (QED) is 0.758. The zero-order chi connectivity index (χ0) is 16.4. The molecule has 0 spiro atoms. The molecule has 4 heteroatoms. The van der Waals surface area contributed by atoms with Gasteiger partial charge in [-0.05, 0) is 43.3 Å².